The second-order valence-electron chi connectivity index (χ2n) is 9.22. The summed E-state index contributed by atoms with van der Waals surface area (Å²) in [6.07, 6.45) is 6.18. The summed E-state index contributed by atoms with van der Waals surface area (Å²) in [5, 5.41) is 14.4. The van der Waals surface area contributed by atoms with Crippen LogP contribution in [-0.2, 0) is 6.54 Å². The number of pyridine rings is 1. The molecule has 190 valence electrons. The lowest BCUT2D eigenvalue weighted by Crippen LogP contribution is -2.45. The van der Waals surface area contributed by atoms with Gasteiger partial charge in [-0.15, -0.1) is 0 Å². The predicted molar refractivity (Wildman–Crippen MR) is 142 cm³/mol. The number of piperazine rings is 1. The van der Waals surface area contributed by atoms with Crippen molar-refractivity contribution in [1.82, 2.24) is 30.1 Å². The van der Waals surface area contributed by atoms with Gasteiger partial charge < -0.3 is 15.5 Å². The van der Waals surface area contributed by atoms with Gasteiger partial charge >= 0.3 is 0 Å². The monoisotopic (exact) mass is 491 g/mol. The maximum atomic E-state index is 14.7. The first-order valence-corrected chi connectivity index (χ1v) is 12.3. The molecular weight excluding hydrogens is 457 g/mol. The smallest absolute Gasteiger partial charge is 0.229 e. The molecule has 0 amide bonds. The van der Waals surface area contributed by atoms with Crippen LogP contribution in [0.5, 0.6) is 0 Å². The molecule has 36 heavy (non-hydrogen) atoms. The van der Waals surface area contributed by atoms with Crippen LogP contribution in [0.3, 0.4) is 0 Å². The molecule has 3 N–H and O–H groups in total. The minimum absolute atomic E-state index is 0.114. The number of hydrogen-bond donors (Lipinski definition) is 3. The lowest BCUT2D eigenvalue weighted by Gasteiger charge is -2.33. The van der Waals surface area contributed by atoms with E-state index < -0.39 is 5.82 Å². The van der Waals surface area contributed by atoms with Crippen molar-refractivity contribution in [3.8, 4) is 0 Å². The molecule has 0 aromatic carbocycles. The van der Waals surface area contributed by atoms with Crippen LogP contribution in [0.1, 0.15) is 32.0 Å². The average molecular weight is 492 g/mol. The van der Waals surface area contributed by atoms with Gasteiger partial charge in [0.15, 0.2) is 11.7 Å². The van der Waals surface area contributed by atoms with Gasteiger partial charge in [-0.05, 0) is 30.2 Å². The van der Waals surface area contributed by atoms with Gasteiger partial charge in [0.05, 0.1) is 6.20 Å². The van der Waals surface area contributed by atoms with Gasteiger partial charge in [0, 0.05) is 69.0 Å². The van der Waals surface area contributed by atoms with E-state index in [2.05, 4.69) is 47.3 Å². The van der Waals surface area contributed by atoms with E-state index in [1.54, 1.807) is 13.1 Å². The zero-order valence-electron chi connectivity index (χ0n) is 21.3. The highest BCUT2D eigenvalue weighted by atomic mass is 19.1. The van der Waals surface area contributed by atoms with Gasteiger partial charge in [-0.3, -0.25) is 10.3 Å². The Kier molecular flexibility index (Phi) is 8.17. The number of halogens is 1. The maximum Gasteiger partial charge on any atom is 0.229 e. The minimum atomic E-state index is -0.562. The van der Waals surface area contributed by atoms with Crippen molar-refractivity contribution in [3.63, 3.8) is 0 Å². The van der Waals surface area contributed by atoms with Crippen LogP contribution in [-0.4, -0.2) is 76.6 Å². The normalized spacial score (nSPS) is 18.4. The van der Waals surface area contributed by atoms with Crippen LogP contribution in [0, 0.1) is 17.1 Å². The molecule has 1 fully saturated rings. The van der Waals surface area contributed by atoms with E-state index in [0.29, 0.717) is 17.0 Å². The molecule has 0 atom stereocenters. The molecule has 9 nitrogen and oxygen atoms in total. The molecule has 1 saturated heterocycles. The van der Waals surface area contributed by atoms with Crippen LogP contribution >= 0.6 is 0 Å². The van der Waals surface area contributed by atoms with Crippen LogP contribution in [0.4, 0.5) is 16.2 Å². The van der Waals surface area contributed by atoms with Gasteiger partial charge in [-0.1, -0.05) is 26.8 Å². The molecule has 0 aliphatic carbocycles. The Labute approximate surface area is 211 Å². The number of amidine groups is 1. The van der Waals surface area contributed by atoms with E-state index in [0.717, 1.165) is 56.7 Å². The van der Waals surface area contributed by atoms with Crippen molar-refractivity contribution in [2.24, 2.45) is 10.9 Å². The van der Waals surface area contributed by atoms with Gasteiger partial charge in [-0.2, -0.15) is 0 Å². The summed E-state index contributed by atoms with van der Waals surface area (Å²) in [4.78, 5) is 22.0. The van der Waals surface area contributed by atoms with E-state index in [9.17, 15) is 4.39 Å². The van der Waals surface area contributed by atoms with Crippen molar-refractivity contribution < 1.29 is 4.39 Å². The SMILES string of the molecule is CCN1CCN(Cc2ccc(Nc3ncc(F)c(C4=C/C(=C(/NC)C(C)C)C(=N)N=C4)n3)nc2)CC1. The van der Waals surface area contributed by atoms with Gasteiger partial charge in [-0.25, -0.2) is 24.3 Å². The zero-order valence-corrected chi connectivity index (χ0v) is 21.3. The lowest BCUT2D eigenvalue weighted by molar-refractivity contribution is 0.132. The Hall–Kier alpha value is -3.50. The van der Waals surface area contributed by atoms with Crippen LogP contribution in [0.2, 0.25) is 0 Å². The number of allylic oxidation sites excluding steroid dienone is 2. The topological polar surface area (TPSA) is 105 Å². The number of nitrogens with zero attached hydrogens (tertiary/aromatic N) is 6. The summed E-state index contributed by atoms with van der Waals surface area (Å²) in [7, 11) is 1.80. The van der Waals surface area contributed by atoms with E-state index in [-0.39, 0.29) is 23.4 Å². The van der Waals surface area contributed by atoms with Crippen molar-refractivity contribution in [2.45, 2.75) is 27.3 Å². The molecule has 0 radical (unpaired) electrons. The minimum Gasteiger partial charge on any atom is -0.391 e. The van der Waals surface area contributed by atoms with E-state index in [1.807, 2.05) is 32.2 Å². The number of nitrogens with one attached hydrogen (secondary N) is 3. The highest BCUT2D eigenvalue weighted by Crippen LogP contribution is 2.25. The Bertz CT molecular complexity index is 1180. The summed E-state index contributed by atoms with van der Waals surface area (Å²) < 4.78 is 14.7. The molecule has 0 unspecified atom stereocenters. The van der Waals surface area contributed by atoms with E-state index in [4.69, 9.17) is 5.41 Å². The van der Waals surface area contributed by atoms with Crippen LogP contribution < -0.4 is 10.6 Å². The number of likely N-dealkylation sites (N-methyl/N-ethyl adjacent to an activating group) is 1. The first kappa shape index (κ1) is 25.6. The first-order valence-electron chi connectivity index (χ1n) is 12.3. The standard InChI is InChI=1S/C26H34FN9/c1-5-35-8-10-36(11-9-35)16-18-6-7-22(30-13-18)33-26-32-15-21(27)24(34-26)19-12-20(25(28)31-14-19)23(29-4)17(2)3/h6-7,12-15,17,28-29H,5,8-11,16H2,1-4H3,(H,30,32,33,34)/b23-20-,28-25?. The Morgan fingerprint density at radius 1 is 1.11 bits per heavy atom. The average Bonchev–Trinajstić information content (AvgIpc) is 2.88. The van der Waals surface area contributed by atoms with Crippen molar-refractivity contribution in [1.29, 1.82) is 5.41 Å². The number of dihydropyridines is 1. The third kappa shape index (κ3) is 6.00. The molecule has 2 aromatic rings. The molecule has 0 spiro atoms. The summed E-state index contributed by atoms with van der Waals surface area (Å²) in [5.74, 6) is 0.534. The number of rotatable bonds is 8. The Morgan fingerprint density at radius 2 is 1.86 bits per heavy atom. The summed E-state index contributed by atoms with van der Waals surface area (Å²) in [6, 6.07) is 3.92. The van der Waals surface area contributed by atoms with E-state index in [1.165, 1.54) is 6.21 Å². The maximum absolute atomic E-state index is 14.7. The van der Waals surface area contributed by atoms with Crippen LogP contribution in [0.15, 0.2) is 46.9 Å². The fourth-order valence-corrected chi connectivity index (χ4v) is 4.39. The predicted octanol–water partition coefficient (Wildman–Crippen LogP) is 3.47. The summed E-state index contributed by atoms with van der Waals surface area (Å²) in [6.45, 7) is 12.5. The fraction of sp³-hybridized carbons (Fsp3) is 0.423. The third-order valence-corrected chi connectivity index (χ3v) is 6.43. The molecular formula is C26H34FN9. The number of anilines is 2. The number of aromatic nitrogens is 3. The zero-order chi connectivity index (χ0) is 25.7. The van der Waals surface area contributed by atoms with Crippen molar-refractivity contribution in [2.75, 3.05) is 45.1 Å². The summed E-state index contributed by atoms with van der Waals surface area (Å²) >= 11 is 0. The number of aliphatic imine (C=N–C) groups is 1. The molecule has 4 heterocycles. The molecule has 0 bridgehead atoms. The van der Waals surface area contributed by atoms with Gasteiger partial charge in [0.25, 0.3) is 0 Å². The molecule has 2 aliphatic heterocycles. The quantitative estimate of drug-likeness (QED) is 0.519. The van der Waals surface area contributed by atoms with Gasteiger partial charge in [0.1, 0.15) is 11.5 Å². The third-order valence-electron chi connectivity index (χ3n) is 6.43. The lowest BCUT2D eigenvalue weighted by atomic mass is 9.98. The Balaban J connectivity index is 1.48. The second kappa shape index (κ2) is 11.5. The highest BCUT2D eigenvalue weighted by molar-refractivity contribution is 6.21. The number of hydrogen-bond acceptors (Lipinski definition) is 8. The summed E-state index contributed by atoms with van der Waals surface area (Å²) in [5.41, 5.74) is 3.21. The van der Waals surface area contributed by atoms with E-state index >= 15 is 0 Å². The van der Waals surface area contributed by atoms with Crippen molar-refractivity contribution >= 4 is 29.4 Å². The molecule has 10 heteroatoms. The Morgan fingerprint density at radius 3 is 2.50 bits per heavy atom. The molecule has 2 aliphatic rings. The molecule has 4 rings (SSSR count). The largest absolute Gasteiger partial charge is 0.391 e. The molecule has 0 saturated carbocycles. The van der Waals surface area contributed by atoms with Gasteiger partial charge in [0.2, 0.25) is 5.95 Å². The highest BCUT2D eigenvalue weighted by Gasteiger charge is 2.20. The van der Waals surface area contributed by atoms with Crippen molar-refractivity contribution in [3.05, 3.63) is 58.9 Å². The molecule has 2 aromatic heterocycles. The second-order valence-corrected chi connectivity index (χ2v) is 9.22. The van der Waals surface area contributed by atoms with Crippen LogP contribution in [0.25, 0.3) is 5.57 Å². The first-order chi connectivity index (χ1) is 17.4. The fourth-order valence-electron chi connectivity index (χ4n) is 4.39.